The number of anilines is 1. The fraction of sp³-hybridized carbons (Fsp3) is 0.179. The molecule has 1 heterocycles. The number of nitrogens with zero attached hydrogens (tertiary/aromatic N) is 4. The number of nitro benzene ring substituents is 1. The quantitative estimate of drug-likeness (QED) is 0.129. The number of rotatable bonds is 10. The van der Waals surface area contributed by atoms with E-state index >= 15 is 0 Å². The van der Waals surface area contributed by atoms with Gasteiger partial charge in [0.05, 0.1) is 34.8 Å². The van der Waals surface area contributed by atoms with Crippen molar-refractivity contribution in [2.75, 3.05) is 19.0 Å². The predicted molar refractivity (Wildman–Crippen MR) is 165 cm³/mol. The lowest BCUT2D eigenvalue weighted by molar-refractivity contribution is -0.385. The van der Waals surface area contributed by atoms with Gasteiger partial charge in [0.25, 0.3) is 10.0 Å². The van der Waals surface area contributed by atoms with Crippen molar-refractivity contribution in [3.8, 4) is 23.3 Å². The van der Waals surface area contributed by atoms with Crippen LogP contribution in [0.15, 0.2) is 65.6 Å². The summed E-state index contributed by atoms with van der Waals surface area (Å²) < 4.78 is 79.4. The minimum absolute atomic E-state index is 0.0111. The molecular formula is C28H24ClF3N6O10S. The predicted octanol–water partition coefficient (Wildman–Crippen LogP) is 5.86. The lowest BCUT2D eigenvalue weighted by Gasteiger charge is -2.12. The van der Waals surface area contributed by atoms with Gasteiger partial charge in [-0.1, -0.05) is 23.7 Å². The van der Waals surface area contributed by atoms with E-state index in [0.29, 0.717) is 0 Å². The Morgan fingerprint density at radius 2 is 1.73 bits per heavy atom. The zero-order valence-electron chi connectivity index (χ0n) is 25.3. The van der Waals surface area contributed by atoms with Crippen molar-refractivity contribution in [1.29, 1.82) is 0 Å². The number of sulfonamides is 1. The molecule has 0 aliphatic heterocycles. The Labute approximate surface area is 280 Å². The molecule has 0 bridgehead atoms. The molecule has 4 aromatic rings. The summed E-state index contributed by atoms with van der Waals surface area (Å²) in [6.07, 6.45) is -4.52. The highest BCUT2D eigenvalue weighted by Gasteiger charge is 2.31. The number of hydrogen-bond acceptors (Lipinski definition) is 12. The summed E-state index contributed by atoms with van der Waals surface area (Å²) in [5, 5.41) is 21.8. The van der Waals surface area contributed by atoms with Crippen LogP contribution in [0.1, 0.15) is 28.7 Å². The van der Waals surface area contributed by atoms with E-state index in [1.54, 1.807) is 11.6 Å². The second-order valence-electron chi connectivity index (χ2n) is 9.12. The van der Waals surface area contributed by atoms with E-state index in [4.69, 9.17) is 30.9 Å². The van der Waals surface area contributed by atoms with Gasteiger partial charge >= 0.3 is 29.9 Å². The number of aryl methyl sites for hydroxylation is 1. The molecule has 0 aliphatic carbocycles. The molecule has 3 aromatic carbocycles. The standard InChI is InChI=1S/C15H11ClF3NO4.C13H13N5O6S/c1-2-23-14-8-10(4-5-12(14)20(21)22)24-13-6-3-9(7-11(13)16)15(17,18)19;1-7-14-11(17-13(15-7)24-2)16-12(21)18-25(22,23)9-6-4-3-5-8(9)10(19)20/h3-8H,2H2,1H3;3-6H,1-2H3,(H,19,20)(H2,14,15,16,17,18,21). The van der Waals surface area contributed by atoms with Crippen LogP contribution in [0.5, 0.6) is 23.3 Å². The third-order valence-corrected chi connectivity index (χ3v) is 7.37. The number of urea groups is 1. The third kappa shape index (κ3) is 10.4. The Kier molecular flexibility index (Phi) is 12.2. The molecule has 21 heteroatoms. The van der Waals surface area contributed by atoms with Gasteiger partial charge < -0.3 is 19.3 Å². The Balaban J connectivity index is 0.000000266. The molecule has 0 radical (unpaired) electrons. The van der Waals surface area contributed by atoms with Crippen LogP contribution >= 0.6 is 11.6 Å². The summed E-state index contributed by atoms with van der Waals surface area (Å²) in [5.41, 5.74) is -1.62. The fourth-order valence-electron chi connectivity index (χ4n) is 3.65. The molecule has 0 fully saturated rings. The SMILES string of the molecule is CCOc1cc(Oc2ccc(C(F)(F)F)cc2Cl)ccc1[N+](=O)[O-].COc1nc(C)nc(NC(=O)NS(=O)(=O)c2ccccc2C(=O)O)n1. The van der Waals surface area contributed by atoms with Gasteiger partial charge in [0.2, 0.25) is 11.7 Å². The zero-order chi connectivity index (χ0) is 36.5. The largest absolute Gasteiger partial charge is 0.487 e. The van der Waals surface area contributed by atoms with E-state index < -0.39 is 49.1 Å². The number of carboxylic acid groups (broad SMARTS) is 1. The lowest BCUT2D eigenvalue weighted by atomic mass is 10.2. The second kappa shape index (κ2) is 15.9. The first kappa shape index (κ1) is 37.7. The van der Waals surface area contributed by atoms with Crippen molar-refractivity contribution in [3.05, 3.63) is 92.8 Å². The zero-order valence-corrected chi connectivity index (χ0v) is 26.9. The van der Waals surface area contributed by atoms with Crippen molar-refractivity contribution < 1.29 is 55.4 Å². The van der Waals surface area contributed by atoms with E-state index in [1.165, 1.54) is 44.4 Å². The van der Waals surface area contributed by atoms with Gasteiger partial charge in [-0.05, 0) is 50.2 Å². The Morgan fingerprint density at radius 3 is 2.33 bits per heavy atom. The van der Waals surface area contributed by atoms with Crippen LogP contribution in [0.3, 0.4) is 0 Å². The molecule has 260 valence electrons. The van der Waals surface area contributed by atoms with Gasteiger partial charge in [0.15, 0.2) is 0 Å². The number of methoxy groups -OCH3 is 1. The summed E-state index contributed by atoms with van der Waals surface area (Å²) in [5.74, 6) is -1.32. The van der Waals surface area contributed by atoms with Crippen LogP contribution in [0, 0.1) is 17.0 Å². The Morgan fingerprint density at radius 1 is 1.04 bits per heavy atom. The van der Waals surface area contributed by atoms with Gasteiger partial charge in [-0.3, -0.25) is 15.4 Å². The minimum Gasteiger partial charge on any atom is -0.487 e. The van der Waals surface area contributed by atoms with Crippen molar-refractivity contribution in [1.82, 2.24) is 19.7 Å². The van der Waals surface area contributed by atoms with Crippen LogP contribution in [-0.2, 0) is 16.2 Å². The van der Waals surface area contributed by atoms with Crippen molar-refractivity contribution in [2.24, 2.45) is 0 Å². The monoisotopic (exact) mass is 728 g/mol. The van der Waals surface area contributed by atoms with Crippen LogP contribution in [0.4, 0.5) is 29.6 Å². The molecular weight excluding hydrogens is 705 g/mol. The topological polar surface area (TPSA) is 222 Å². The highest BCUT2D eigenvalue weighted by atomic mass is 35.5. The maximum atomic E-state index is 12.6. The molecule has 0 saturated carbocycles. The molecule has 0 saturated heterocycles. The molecule has 49 heavy (non-hydrogen) atoms. The molecule has 2 amide bonds. The second-order valence-corrected chi connectivity index (χ2v) is 11.2. The summed E-state index contributed by atoms with van der Waals surface area (Å²) in [4.78, 5) is 44.1. The van der Waals surface area contributed by atoms with Gasteiger partial charge in [-0.15, -0.1) is 0 Å². The van der Waals surface area contributed by atoms with Gasteiger partial charge in [0, 0.05) is 12.1 Å². The normalized spacial score (nSPS) is 11.0. The van der Waals surface area contributed by atoms with E-state index in [2.05, 4.69) is 20.3 Å². The summed E-state index contributed by atoms with van der Waals surface area (Å²) in [6, 6.07) is 10.0. The number of alkyl halides is 3. The molecule has 0 unspecified atom stereocenters. The number of carbonyl (C=O) groups excluding carboxylic acids is 1. The van der Waals surface area contributed by atoms with Crippen LogP contribution in [0.2, 0.25) is 5.02 Å². The molecule has 0 aliphatic rings. The number of carbonyl (C=O) groups is 2. The Bertz CT molecular complexity index is 1980. The first-order chi connectivity index (χ1) is 22.9. The first-order valence-electron chi connectivity index (χ1n) is 13.3. The smallest absolute Gasteiger partial charge is 0.416 e. The van der Waals surface area contributed by atoms with Crippen LogP contribution in [-0.4, -0.2) is 59.1 Å². The molecule has 4 rings (SSSR count). The van der Waals surface area contributed by atoms with Gasteiger partial charge in [0.1, 0.15) is 22.2 Å². The number of aromatic carboxylic acids is 1. The van der Waals surface area contributed by atoms with Gasteiger partial charge in [-0.2, -0.15) is 28.1 Å². The number of amides is 2. The fourth-order valence-corrected chi connectivity index (χ4v) is 4.98. The lowest BCUT2D eigenvalue weighted by Crippen LogP contribution is -2.35. The number of halogens is 4. The first-order valence-corrected chi connectivity index (χ1v) is 15.2. The van der Waals surface area contributed by atoms with Crippen molar-refractivity contribution in [3.63, 3.8) is 0 Å². The minimum atomic E-state index is -4.52. The molecule has 0 spiro atoms. The number of benzene rings is 3. The number of hydrogen-bond donors (Lipinski definition) is 3. The summed E-state index contributed by atoms with van der Waals surface area (Å²) >= 11 is 5.80. The number of aromatic nitrogens is 3. The van der Waals surface area contributed by atoms with E-state index in [0.717, 1.165) is 30.3 Å². The van der Waals surface area contributed by atoms with Crippen LogP contribution in [0.25, 0.3) is 0 Å². The maximum Gasteiger partial charge on any atom is 0.416 e. The van der Waals surface area contributed by atoms with Crippen LogP contribution < -0.4 is 24.2 Å². The molecule has 3 N–H and O–H groups in total. The van der Waals surface area contributed by atoms with Gasteiger partial charge in [-0.25, -0.2) is 22.7 Å². The highest BCUT2D eigenvalue weighted by molar-refractivity contribution is 7.90. The molecule has 0 atom stereocenters. The van der Waals surface area contributed by atoms with Crippen molar-refractivity contribution in [2.45, 2.75) is 24.9 Å². The van der Waals surface area contributed by atoms with E-state index in [1.807, 2.05) is 0 Å². The number of ether oxygens (including phenoxy) is 3. The van der Waals surface area contributed by atoms with E-state index in [9.17, 15) is 41.3 Å². The highest BCUT2D eigenvalue weighted by Crippen LogP contribution is 2.38. The molecule has 16 nitrogen and oxygen atoms in total. The maximum absolute atomic E-state index is 12.6. The van der Waals surface area contributed by atoms with Crippen molar-refractivity contribution >= 4 is 45.3 Å². The average molecular weight is 729 g/mol. The average Bonchev–Trinajstić information content (AvgIpc) is 3.01. The summed E-state index contributed by atoms with van der Waals surface area (Å²) in [7, 11) is -3.11. The number of nitro groups is 1. The number of nitrogens with one attached hydrogen (secondary N) is 2. The molecule has 1 aromatic heterocycles. The third-order valence-electron chi connectivity index (χ3n) is 5.68. The summed E-state index contributed by atoms with van der Waals surface area (Å²) in [6.45, 7) is 3.38. The Hall–Kier alpha value is -5.76. The van der Waals surface area contributed by atoms with E-state index in [-0.39, 0.29) is 52.3 Å². The number of carboxylic acids is 1.